The minimum atomic E-state index is 0.530. The predicted molar refractivity (Wildman–Crippen MR) is 84.4 cm³/mol. The van der Waals surface area contributed by atoms with Crippen molar-refractivity contribution in [2.24, 2.45) is 0 Å². The lowest BCUT2D eigenvalue weighted by Gasteiger charge is -2.15. The van der Waals surface area contributed by atoms with E-state index in [4.69, 9.17) is 9.47 Å². The average Bonchev–Trinajstić information content (AvgIpc) is 3.04. The molecular formula is C16H21N3O2. The molecule has 1 aromatic carbocycles. The number of nitrogens with one attached hydrogen (secondary N) is 2. The normalized spacial score (nSPS) is 17.9. The van der Waals surface area contributed by atoms with Gasteiger partial charge >= 0.3 is 0 Å². The highest BCUT2D eigenvalue weighted by molar-refractivity contribution is 5.94. The first-order valence-electron chi connectivity index (χ1n) is 7.30. The predicted octanol–water partition coefficient (Wildman–Crippen LogP) is 2.42. The van der Waals surface area contributed by atoms with Crippen LogP contribution in [0, 0.1) is 0 Å². The molecular weight excluding hydrogens is 266 g/mol. The maximum atomic E-state index is 5.38. The minimum absolute atomic E-state index is 0.530. The van der Waals surface area contributed by atoms with Gasteiger partial charge in [-0.1, -0.05) is 0 Å². The molecule has 112 valence electrons. The maximum Gasteiger partial charge on any atom is 0.161 e. The van der Waals surface area contributed by atoms with Gasteiger partial charge in [0, 0.05) is 24.2 Å². The highest BCUT2D eigenvalue weighted by atomic mass is 16.5. The summed E-state index contributed by atoms with van der Waals surface area (Å²) in [6.45, 7) is 2.00. The van der Waals surface area contributed by atoms with Gasteiger partial charge in [0.1, 0.15) is 5.82 Å². The number of hydrogen-bond acceptors (Lipinski definition) is 5. The van der Waals surface area contributed by atoms with Crippen LogP contribution in [0.4, 0.5) is 5.82 Å². The molecule has 1 aliphatic heterocycles. The van der Waals surface area contributed by atoms with E-state index >= 15 is 0 Å². The van der Waals surface area contributed by atoms with Gasteiger partial charge in [-0.2, -0.15) is 0 Å². The van der Waals surface area contributed by atoms with Crippen LogP contribution >= 0.6 is 0 Å². The van der Waals surface area contributed by atoms with Gasteiger partial charge in [-0.05, 0) is 43.0 Å². The Morgan fingerprint density at radius 3 is 2.81 bits per heavy atom. The Labute approximate surface area is 124 Å². The van der Waals surface area contributed by atoms with E-state index in [-0.39, 0.29) is 0 Å². The Kier molecular flexibility index (Phi) is 4.10. The summed E-state index contributed by atoms with van der Waals surface area (Å²) in [4.78, 5) is 4.46. The van der Waals surface area contributed by atoms with Gasteiger partial charge in [-0.15, -0.1) is 0 Å². The first-order valence-corrected chi connectivity index (χ1v) is 7.30. The van der Waals surface area contributed by atoms with Crippen LogP contribution in [0.1, 0.15) is 12.8 Å². The van der Waals surface area contributed by atoms with Crippen molar-refractivity contribution in [1.29, 1.82) is 0 Å². The van der Waals surface area contributed by atoms with E-state index < -0.39 is 0 Å². The summed E-state index contributed by atoms with van der Waals surface area (Å²) >= 11 is 0. The lowest BCUT2D eigenvalue weighted by molar-refractivity contribution is 0.356. The standard InChI is InChI=1S/C16H21N3O2/c1-20-14-8-11-5-7-18-16(13(11)9-15(14)21-2)19-10-12-4-3-6-17-12/h5,7-9,12,17H,3-4,6,10H2,1-2H3,(H,18,19). The molecule has 1 unspecified atom stereocenters. The molecule has 1 aromatic heterocycles. The fraction of sp³-hybridized carbons (Fsp3) is 0.438. The third-order valence-electron chi connectivity index (χ3n) is 3.95. The summed E-state index contributed by atoms with van der Waals surface area (Å²) in [5.41, 5.74) is 0. The molecule has 1 aliphatic rings. The van der Waals surface area contributed by atoms with Crippen LogP contribution in [0.3, 0.4) is 0 Å². The molecule has 2 heterocycles. The number of nitrogens with zero attached hydrogens (tertiary/aromatic N) is 1. The number of ether oxygens (including phenoxy) is 2. The zero-order valence-electron chi connectivity index (χ0n) is 12.5. The molecule has 3 rings (SSSR count). The molecule has 2 aromatic rings. The number of anilines is 1. The van der Waals surface area contributed by atoms with Crippen molar-refractivity contribution in [2.45, 2.75) is 18.9 Å². The van der Waals surface area contributed by atoms with Gasteiger partial charge in [0.15, 0.2) is 11.5 Å². The summed E-state index contributed by atoms with van der Waals surface area (Å²) in [6.07, 6.45) is 4.29. The third kappa shape index (κ3) is 2.88. The summed E-state index contributed by atoms with van der Waals surface area (Å²) in [5, 5.41) is 9.07. The molecule has 5 nitrogen and oxygen atoms in total. The monoisotopic (exact) mass is 287 g/mol. The van der Waals surface area contributed by atoms with Gasteiger partial charge in [-0.25, -0.2) is 4.98 Å². The molecule has 1 fully saturated rings. The molecule has 1 saturated heterocycles. The van der Waals surface area contributed by atoms with Gasteiger partial charge < -0.3 is 20.1 Å². The van der Waals surface area contributed by atoms with E-state index in [9.17, 15) is 0 Å². The Balaban J connectivity index is 1.90. The summed E-state index contributed by atoms with van der Waals surface area (Å²) in [6, 6.07) is 6.47. The molecule has 1 atom stereocenters. The summed E-state index contributed by atoms with van der Waals surface area (Å²) in [7, 11) is 3.30. The van der Waals surface area contributed by atoms with Crippen molar-refractivity contribution in [2.75, 3.05) is 32.6 Å². The Hall–Kier alpha value is -2.01. The molecule has 2 N–H and O–H groups in total. The van der Waals surface area contributed by atoms with E-state index in [0.717, 1.165) is 41.2 Å². The van der Waals surface area contributed by atoms with Crippen LogP contribution in [0.5, 0.6) is 11.5 Å². The summed E-state index contributed by atoms with van der Waals surface area (Å²) in [5.74, 6) is 2.35. The van der Waals surface area contributed by atoms with Crippen LogP contribution < -0.4 is 20.1 Å². The Morgan fingerprint density at radius 2 is 2.10 bits per heavy atom. The van der Waals surface area contributed by atoms with E-state index in [1.807, 2.05) is 24.4 Å². The topological polar surface area (TPSA) is 55.4 Å². The first-order chi connectivity index (χ1) is 10.3. The second-order valence-corrected chi connectivity index (χ2v) is 5.26. The van der Waals surface area contributed by atoms with Gasteiger partial charge in [0.2, 0.25) is 0 Å². The third-order valence-corrected chi connectivity index (χ3v) is 3.95. The van der Waals surface area contributed by atoms with Crippen molar-refractivity contribution in [1.82, 2.24) is 10.3 Å². The number of methoxy groups -OCH3 is 2. The number of fused-ring (bicyclic) bond motifs is 1. The van der Waals surface area contributed by atoms with Crippen LogP contribution in [0.25, 0.3) is 10.8 Å². The van der Waals surface area contributed by atoms with Gasteiger partial charge in [0.25, 0.3) is 0 Å². The number of benzene rings is 1. The Bertz CT molecular complexity index is 624. The zero-order valence-corrected chi connectivity index (χ0v) is 12.5. The Morgan fingerprint density at radius 1 is 1.29 bits per heavy atom. The maximum absolute atomic E-state index is 5.38. The number of aromatic nitrogens is 1. The lowest BCUT2D eigenvalue weighted by atomic mass is 10.1. The number of rotatable bonds is 5. The average molecular weight is 287 g/mol. The molecule has 5 heteroatoms. The van der Waals surface area contributed by atoms with E-state index in [2.05, 4.69) is 15.6 Å². The van der Waals surface area contributed by atoms with Crippen molar-refractivity contribution in [3.05, 3.63) is 24.4 Å². The SMILES string of the molecule is COc1cc2ccnc(NCC3CCCN3)c2cc1OC. The first kappa shape index (κ1) is 13.9. The summed E-state index contributed by atoms with van der Waals surface area (Å²) < 4.78 is 10.7. The van der Waals surface area contributed by atoms with E-state index in [1.54, 1.807) is 14.2 Å². The van der Waals surface area contributed by atoms with Crippen LogP contribution in [0.15, 0.2) is 24.4 Å². The van der Waals surface area contributed by atoms with E-state index in [0.29, 0.717) is 6.04 Å². The second-order valence-electron chi connectivity index (χ2n) is 5.26. The van der Waals surface area contributed by atoms with Gasteiger partial charge in [0.05, 0.1) is 14.2 Å². The van der Waals surface area contributed by atoms with Gasteiger partial charge in [-0.3, -0.25) is 0 Å². The lowest BCUT2D eigenvalue weighted by Crippen LogP contribution is -2.29. The zero-order chi connectivity index (χ0) is 14.7. The van der Waals surface area contributed by atoms with Crippen LogP contribution in [0.2, 0.25) is 0 Å². The van der Waals surface area contributed by atoms with Crippen LogP contribution in [-0.2, 0) is 0 Å². The van der Waals surface area contributed by atoms with Crippen molar-refractivity contribution >= 4 is 16.6 Å². The van der Waals surface area contributed by atoms with Crippen LogP contribution in [-0.4, -0.2) is 38.3 Å². The molecule has 0 bridgehead atoms. The molecule has 21 heavy (non-hydrogen) atoms. The second kappa shape index (κ2) is 6.18. The molecule has 0 spiro atoms. The number of pyridine rings is 1. The molecule has 0 saturated carbocycles. The molecule has 0 amide bonds. The minimum Gasteiger partial charge on any atom is -0.493 e. The quantitative estimate of drug-likeness (QED) is 0.884. The molecule has 0 aliphatic carbocycles. The molecule has 0 radical (unpaired) electrons. The van der Waals surface area contributed by atoms with Crippen molar-refractivity contribution < 1.29 is 9.47 Å². The van der Waals surface area contributed by atoms with Crippen molar-refractivity contribution in [3.8, 4) is 11.5 Å². The highest BCUT2D eigenvalue weighted by Gasteiger charge is 2.15. The largest absolute Gasteiger partial charge is 0.493 e. The fourth-order valence-electron chi connectivity index (χ4n) is 2.79. The number of hydrogen-bond donors (Lipinski definition) is 2. The highest BCUT2D eigenvalue weighted by Crippen LogP contribution is 2.34. The smallest absolute Gasteiger partial charge is 0.161 e. The fourth-order valence-corrected chi connectivity index (χ4v) is 2.79. The van der Waals surface area contributed by atoms with E-state index in [1.165, 1.54) is 12.8 Å². The van der Waals surface area contributed by atoms with Crippen molar-refractivity contribution in [3.63, 3.8) is 0 Å².